The minimum atomic E-state index is -0.106. The van der Waals surface area contributed by atoms with Crippen molar-refractivity contribution in [3.05, 3.63) is 0 Å². The maximum Gasteiger partial charge on any atom is 0.0662 e. The maximum atomic E-state index is 6.54. The Morgan fingerprint density at radius 1 is 1.29 bits per heavy atom. The Balaban J connectivity index is 1.88. The van der Waals surface area contributed by atoms with Crippen LogP contribution >= 0.6 is 0 Å². The maximum absolute atomic E-state index is 6.54. The Kier molecular flexibility index (Phi) is 3.30. The Labute approximate surface area is 105 Å². The van der Waals surface area contributed by atoms with Crippen molar-refractivity contribution in [1.82, 2.24) is 5.32 Å². The number of rotatable bonds is 5. The lowest BCUT2D eigenvalue weighted by Crippen LogP contribution is -2.74. The second-order valence-corrected chi connectivity index (χ2v) is 6.79. The van der Waals surface area contributed by atoms with Crippen LogP contribution < -0.4 is 11.1 Å². The topological polar surface area (TPSA) is 47.3 Å². The summed E-state index contributed by atoms with van der Waals surface area (Å²) in [4.78, 5) is 0. The Bertz CT molecular complexity index is 286. The smallest absolute Gasteiger partial charge is 0.0662 e. The van der Waals surface area contributed by atoms with E-state index in [0.717, 1.165) is 19.6 Å². The fraction of sp³-hybridized carbons (Fsp3) is 1.00. The summed E-state index contributed by atoms with van der Waals surface area (Å²) in [5.74, 6) is 0. The molecular formula is C14H28N2O. The normalized spacial score (nSPS) is 38.3. The predicted molar refractivity (Wildman–Crippen MR) is 71.0 cm³/mol. The first-order chi connectivity index (χ1) is 7.83. The van der Waals surface area contributed by atoms with Crippen molar-refractivity contribution in [3.8, 4) is 0 Å². The van der Waals surface area contributed by atoms with E-state index in [0.29, 0.717) is 11.6 Å². The van der Waals surface area contributed by atoms with Crippen LogP contribution in [0.4, 0.5) is 0 Å². The van der Waals surface area contributed by atoms with Gasteiger partial charge in [-0.1, -0.05) is 13.8 Å². The van der Waals surface area contributed by atoms with Crippen molar-refractivity contribution in [2.75, 3.05) is 13.2 Å². The number of hydrogen-bond donors (Lipinski definition) is 2. The van der Waals surface area contributed by atoms with Gasteiger partial charge in [-0.25, -0.2) is 0 Å². The Morgan fingerprint density at radius 2 is 1.94 bits per heavy atom. The zero-order valence-corrected chi connectivity index (χ0v) is 11.8. The van der Waals surface area contributed by atoms with Crippen LogP contribution in [-0.2, 0) is 4.74 Å². The van der Waals surface area contributed by atoms with Gasteiger partial charge in [0.25, 0.3) is 0 Å². The predicted octanol–water partition coefficient (Wildman–Crippen LogP) is 2.05. The van der Waals surface area contributed by atoms with Gasteiger partial charge in [-0.2, -0.15) is 0 Å². The lowest BCUT2D eigenvalue weighted by molar-refractivity contribution is -0.150. The zero-order valence-electron chi connectivity index (χ0n) is 11.8. The largest absolute Gasteiger partial charge is 0.378 e. The third-order valence-electron chi connectivity index (χ3n) is 5.29. The molecule has 2 fully saturated rings. The molecule has 3 N–H and O–H groups in total. The molecule has 17 heavy (non-hydrogen) atoms. The van der Waals surface area contributed by atoms with Crippen molar-refractivity contribution in [2.45, 2.75) is 70.6 Å². The Morgan fingerprint density at radius 3 is 2.35 bits per heavy atom. The molecule has 2 rings (SSSR count). The van der Waals surface area contributed by atoms with Crippen LogP contribution in [0.25, 0.3) is 0 Å². The fourth-order valence-corrected chi connectivity index (χ4v) is 3.06. The standard InChI is InChI=1S/C14H28N2O/c1-5-17-11-9-14(15,12(11,2)3)10-16-13(4)7-6-8-13/h11,16H,5-10,15H2,1-4H3. The number of hydrogen-bond acceptors (Lipinski definition) is 3. The van der Waals surface area contributed by atoms with E-state index in [1.165, 1.54) is 19.3 Å². The molecule has 100 valence electrons. The van der Waals surface area contributed by atoms with Gasteiger partial charge in [0.05, 0.1) is 6.10 Å². The molecule has 0 saturated heterocycles. The van der Waals surface area contributed by atoms with Gasteiger partial charge in [0, 0.05) is 29.6 Å². The van der Waals surface area contributed by atoms with Gasteiger partial charge in [-0.3, -0.25) is 0 Å². The fourth-order valence-electron chi connectivity index (χ4n) is 3.06. The third kappa shape index (κ3) is 2.13. The SMILES string of the molecule is CCOC1CC(N)(CNC2(C)CCC2)C1(C)C. The quantitative estimate of drug-likeness (QED) is 0.773. The highest BCUT2D eigenvalue weighted by Gasteiger charge is 2.58. The van der Waals surface area contributed by atoms with E-state index in [1.807, 2.05) is 0 Å². The minimum Gasteiger partial charge on any atom is -0.378 e. The van der Waals surface area contributed by atoms with E-state index in [2.05, 4.69) is 33.0 Å². The highest BCUT2D eigenvalue weighted by Crippen LogP contribution is 2.49. The average molecular weight is 240 g/mol. The third-order valence-corrected chi connectivity index (χ3v) is 5.29. The highest BCUT2D eigenvalue weighted by molar-refractivity contribution is 5.15. The van der Waals surface area contributed by atoms with Gasteiger partial charge in [0.2, 0.25) is 0 Å². The van der Waals surface area contributed by atoms with Crippen LogP contribution in [0.3, 0.4) is 0 Å². The van der Waals surface area contributed by atoms with Crippen molar-refractivity contribution >= 4 is 0 Å². The van der Waals surface area contributed by atoms with Crippen molar-refractivity contribution in [2.24, 2.45) is 11.1 Å². The van der Waals surface area contributed by atoms with Crippen molar-refractivity contribution in [3.63, 3.8) is 0 Å². The van der Waals surface area contributed by atoms with E-state index in [4.69, 9.17) is 10.5 Å². The van der Waals surface area contributed by atoms with E-state index in [-0.39, 0.29) is 11.0 Å². The van der Waals surface area contributed by atoms with Gasteiger partial charge in [0.1, 0.15) is 0 Å². The molecule has 2 unspecified atom stereocenters. The van der Waals surface area contributed by atoms with Crippen LogP contribution in [0.1, 0.15) is 53.4 Å². The van der Waals surface area contributed by atoms with Gasteiger partial charge < -0.3 is 15.8 Å². The van der Waals surface area contributed by atoms with E-state index in [9.17, 15) is 0 Å². The summed E-state index contributed by atoms with van der Waals surface area (Å²) in [7, 11) is 0. The van der Waals surface area contributed by atoms with E-state index >= 15 is 0 Å². The highest BCUT2D eigenvalue weighted by atomic mass is 16.5. The summed E-state index contributed by atoms with van der Waals surface area (Å²) >= 11 is 0. The van der Waals surface area contributed by atoms with Crippen LogP contribution in [0.15, 0.2) is 0 Å². The lowest BCUT2D eigenvalue weighted by Gasteiger charge is -2.60. The first-order valence-corrected chi connectivity index (χ1v) is 6.98. The van der Waals surface area contributed by atoms with Crippen molar-refractivity contribution in [1.29, 1.82) is 0 Å². The minimum absolute atomic E-state index is 0.0795. The summed E-state index contributed by atoms with van der Waals surface area (Å²) in [5, 5.41) is 3.68. The molecule has 0 aromatic heterocycles. The number of nitrogens with two attached hydrogens (primary N) is 1. The molecule has 0 heterocycles. The van der Waals surface area contributed by atoms with Crippen LogP contribution in [0.2, 0.25) is 0 Å². The molecule has 2 atom stereocenters. The molecule has 2 aliphatic carbocycles. The lowest BCUT2D eigenvalue weighted by atomic mass is 9.54. The summed E-state index contributed by atoms with van der Waals surface area (Å²) in [6.07, 6.45) is 5.24. The van der Waals surface area contributed by atoms with Gasteiger partial charge >= 0.3 is 0 Å². The molecule has 0 radical (unpaired) electrons. The first-order valence-electron chi connectivity index (χ1n) is 6.98. The Hall–Kier alpha value is -0.120. The molecule has 3 heteroatoms. The van der Waals surface area contributed by atoms with Crippen LogP contribution in [0, 0.1) is 5.41 Å². The van der Waals surface area contributed by atoms with Crippen LogP contribution in [-0.4, -0.2) is 30.3 Å². The number of nitrogens with one attached hydrogen (secondary N) is 1. The summed E-state index contributed by atoms with van der Waals surface area (Å²) in [5.41, 5.74) is 6.86. The molecule has 0 spiro atoms. The van der Waals surface area contributed by atoms with E-state index < -0.39 is 0 Å². The summed E-state index contributed by atoms with van der Waals surface area (Å²) < 4.78 is 5.75. The van der Waals surface area contributed by atoms with Crippen LogP contribution in [0.5, 0.6) is 0 Å². The van der Waals surface area contributed by atoms with Gasteiger partial charge in [-0.15, -0.1) is 0 Å². The molecule has 0 aromatic rings. The molecule has 0 aromatic carbocycles. The van der Waals surface area contributed by atoms with Gasteiger partial charge in [0.15, 0.2) is 0 Å². The second-order valence-electron chi connectivity index (χ2n) is 6.79. The zero-order chi connectivity index (χ0) is 12.7. The van der Waals surface area contributed by atoms with Gasteiger partial charge in [-0.05, 0) is 39.5 Å². The monoisotopic (exact) mass is 240 g/mol. The molecule has 0 amide bonds. The summed E-state index contributed by atoms with van der Waals surface area (Å²) in [6, 6.07) is 0. The molecule has 3 nitrogen and oxygen atoms in total. The molecule has 0 bridgehead atoms. The molecule has 2 saturated carbocycles. The number of ether oxygens (including phenoxy) is 1. The van der Waals surface area contributed by atoms with Crippen molar-refractivity contribution < 1.29 is 4.74 Å². The second kappa shape index (κ2) is 4.22. The first kappa shape index (κ1) is 13.3. The average Bonchev–Trinajstić information content (AvgIpc) is 2.23. The molecular weight excluding hydrogens is 212 g/mol. The summed E-state index contributed by atoms with van der Waals surface area (Å²) in [6.45, 7) is 10.5. The van der Waals surface area contributed by atoms with E-state index in [1.54, 1.807) is 0 Å². The molecule has 0 aliphatic heterocycles. The molecule has 2 aliphatic rings.